The number of likely N-dealkylation sites (N-methyl/N-ethyl adjacent to an activating group) is 2. The molecular weight excluding hydrogens is 354 g/mol. The van der Waals surface area contributed by atoms with Gasteiger partial charge in [0, 0.05) is 44.6 Å². The van der Waals surface area contributed by atoms with Gasteiger partial charge in [0.25, 0.3) is 11.8 Å². The number of aromatic amines is 1. The van der Waals surface area contributed by atoms with Crippen molar-refractivity contribution in [3.8, 4) is 11.1 Å². The van der Waals surface area contributed by atoms with Crippen LogP contribution in [0.1, 0.15) is 33.5 Å². The number of hydrogen-bond acceptors (Lipinski definition) is 3. The first kappa shape index (κ1) is 19.5. The fourth-order valence-electron chi connectivity index (χ4n) is 3.10. The van der Waals surface area contributed by atoms with Gasteiger partial charge in [-0.1, -0.05) is 37.3 Å². The molecule has 0 saturated carbocycles. The average Bonchev–Trinajstić information content (AvgIpc) is 3.40. The Balaban J connectivity index is 1.64. The molecule has 6 nitrogen and oxygen atoms in total. The van der Waals surface area contributed by atoms with Gasteiger partial charge in [-0.3, -0.25) is 9.59 Å². The number of carbonyl (C=O) groups is 2. The Hall–Kier alpha value is -3.28. The van der Waals surface area contributed by atoms with Crippen LogP contribution in [0.3, 0.4) is 0 Å². The van der Waals surface area contributed by atoms with Gasteiger partial charge in [0.15, 0.2) is 5.76 Å². The molecule has 0 aliphatic heterocycles. The minimum absolute atomic E-state index is 0.0538. The van der Waals surface area contributed by atoms with Crippen LogP contribution in [0.4, 0.5) is 0 Å². The maximum Gasteiger partial charge on any atom is 0.290 e. The number of aromatic nitrogens is 1. The second-order valence-corrected chi connectivity index (χ2v) is 6.71. The summed E-state index contributed by atoms with van der Waals surface area (Å²) in [5.74, 6) is 0.0455. The highest BCUT2D eigenvalue weighted by atomic mass is 16.3. The van der Waals surface area contributed by atoms with E-state index < -0.39 is 0 Å². The topological polar surface area (TPSA) is 69.6 Å². The van der Waals surface area contributed by atoms with E-state index in [4.69, 9.17) is 4.42 Å². The minimum atomic E-state index is -0.208. The number of carbonyl (C=O) groups excluding carboxylic acids is 2. The smallest absolute Gasteiger partial charge is 0.290 e. The third kappa shape index (κ3) is 4.01. The number of nitrogens with zero attached hydrogens (tertiary/aromatic N) is 2. The van der Waals surface area contributed by atoms with Crippen molar-refractivity contribution in [2.24, 2.45) is 0 Å². The van der Waals surface area contributed by atoms with E-state index in [1.165, 1.54) is 6.26 Å². The third-order valence-electron chi connectivity index (χ3n) is 4.83. The molecule has 3 rings (SSSR count). The van der Waals surface area contributed by atoms with Crippen molar-refractivity contribution in [2.45, 2.75) is 13.3 Å². The Kier molecular flexibility index (Phi) is 5.99. The highest BCUT2D eigenvalue weighted by Gasteiger charge is 2.22. The van der Waals surface area contributed by atoms with Crippen LogP contribution in [-0.4, -0.2) is 53.8 Å². The van der Waals surface area contributed by atoms with Gasteiger partial charge in [-0.05, 0) is 24.1 Å². The molecule has 0 aliphatic rings. The van der Waals surface area contributed by atoms with Gasteiger partial charge in [-0.15, -0.1) is 0 Å². The average molecular weight is 379 g/mol. The monoisotopic (exact) mass is 379 g/mol. The molecule has 1 aromatic carbocycles. The molecule has 0 radical (unpaired) electrons. The van der Waals surface area contributed by atoms with Gasteiger partial charge in [-0.2, -0.15) is 0 Å². The van der Waals surface area contributed by atoms with Gasteiger partial charge in [0.1, 0.15) is 0 Å². The van der Waals surface area contributed by atoms with Gasteiger partial charge in [-0.25, -0.2) is 0 Å². The Morgan fingerprint density at radius 3 is 2.32 bits per heavy atom. The van der Waals surface area contributed by atoms with Crippen LogP contribution in [-0.2, 0) is 6.42 Å². The van der Waals surface area contributed by atoms with E-state index in [2.05, 4.69) is 4.98 Å². The molecule has 0 saturated heterocycles. The van der Waals surface area contributed by atoms with Crippen molar-refractivity contribution >= 4 is 11.8 Å². The number of nitrogens with one attached hydrogen (secondary N) is 1. The Morgan fingerprint density at radius 1 is 0.964 bits per heavy atom. The van der Waals surface area contributed by atoms with Gasteiger partial charge < -0.3 is 19.2 Å². The molecule has 2 amide bonds. The normalized spacial score (nSPS) is 10.7. The van der Waals surface area contributed by atoms with Crippen molar-refractivity contribution in [2.75, 3.05) is 27.2 Å². The molecule has 1 N–H and O–H groups in total. The first-order valence-corrected chi connectivity index (χ1v) is 9.33. The van der Waals surface area contributed by atoms with E-state index in [0.717, 1.165) is 23.2 Å². The predicted octanol–water partition coefficient (Wildman–Crippen LogP) is 3.68. The lowest BCUT2D eigenvalue weighted by Gasteiger charge is -2.22. The maximum absolute atomic E-state index is 12.8. The number of amides is 2. The Labute approximate surface area is 164 Å². The van der Waals surface area contributed by atoms with E-state index in [1.54, 1.807) is 42.2 Å². The van der Waals surface area contributed by atoms with Crippen LogP contribution in [0.15, 0.2) is 59.3 Å². The van der Waals surface area contributed by atoms with Crippen LogP contribution in [0.5, 0.6) is 0 Å². The van der Waals surface area contributed by atoms with Crippen molar-refractivity contribution < 1.29 is 14.0 Å². The highest BCUT2D eigenvalue weighted by Crippen LogP contribution is 2.25. The van der Waals surface area contributed by atoms with Crippen LogP contribution < -0.4 is 0 Å². The molecule has 0 spiro atoms. The zero-order valence-corrected chi connectivity index (χ0v) is 16.4. The van der Waals surface area contributed by atoms with Crippen LogP contribution >= 0.6 is 0 Å². The van der Waals surface area contributed by atoms with E-state index in [1.807, 2.05) is 37.3 Å². The molecule has 0 bridgehead atoms. The standard InChI is InChI=1S/C22H25N3O3/c1-4-19-18(10-12-23-19)21(26)24(2)13-14-25(3)22(27)20-17(11-15-28-20)16-8-6-5-7-9-16/h5-12,15,23H,4,13-14H2,1-3H3. The molecule has 6 heteroatoms. The summed E-state index contributed by atoms with van der Waals surface area (Å²) in [6, 6.07) is 13.2. The zero-order valence-electron chi connectivity index (χ0n) is 16.4. The Bertz CT molecular complexity index is 943. The van der Waals surface area contributed by atoms with Crippen molar-refractivity contribution in [1.29, 1.82) is 0 Å². The van der Waals surface area contributed by atoms with Gasteiger partial charge in [0.05, 0.1) is 11.8 Å². The summed E-state index contributed by atoms with van der Waals surface area (Å²) in [6.45, 7) is 2.83. The SMILES string of the molecule is CCc1[nH]ccc1C(=O)N(C)CCN(C)C(=O)c1occc1-c1ccccc1. The second kappa shape index (κ2) is 8.61. The van der Waals surface area contributed by atoms with Crippen LogP contribution in [0.25, 0.3) is 11.1 Å². The molecule has 0 atom stereocenters. The summed E-state index contributed by atoms with van der Waals surface area (Å²) in [4.78, 5) is 31.8. The summed E-state index contributed by atoms with van der Waals surface area (Å²) in [5.41, 5.74) is 3.29. The van der Waals surface area contributed by atoms with Gasteiger partial charge in [0.2, 0.25) is 0 Å². The zero-order chi connectivity index (χ0) is 20.1. The van der Waals surface area contributed by atoms with Crippen LogP contribution in [0, 0.1) is 0 Å². The summed E-state index contributed by atoms with van der Waals surface area (Å²) < 4.78 is 5.47. The van der Waals surface area contributed by atoms with E-state index >= 15 is 0 Å². The largest absolute Gasteiger partial charge is 0.459 e. The van der Waals surface area contributed by atoms with Crippen LogP contribution in [0.2, 0.25) is 0 Å². The van der Waals surface area contributed by atoms with E-state index in [-0.39, 0.29) is 11.8 Å². The molecule has 3 aromatic rings. The molecule has 0 unspecified atom stereocenters. The third-order valence-corrected chi connectivity index (χ3v) is 4.83. The first-order valence-electron chi connectivity index (χ1n) is 9.33. The number of aryl methyl sites for hydroxylation is 1. The molecule has 2 aromatic heterocycles. The number of benzene rings is 1. The molecule has 2 heterocycles. The number of hydrogen-bond donors (Lipinski definition) is 1. The van der Waals surface area contributed by atoms with E-state index in [9.17, 15) is 9.59 Å². The fourth-order valence-corrected chi connectivity index (χ4v) is 3.10. The summed E-state index contributed by atoms with van der Waals surface area (Å²) in [7, 11) is 3.46. The summed E-state index contributed by atoms with van der Waals surface area (Å²) in [6.07, 6.45) is 4.07. The lowest BCUT2D eigenvalue weighted by atomic mass is 10.1. The highest BCUT2D eigenvalue weighted by molar-refractivity contribution is 5.98. The first-order chi connectivity index (χ1) is 13.5. The lowest BCUT2D eigenvalue weighted by Crippen LogP contribution is -2.37. The molecule has 0 fully saturated rings. The molecular formula is C22H25N3O3. The van der Waals surface area contributed by atoms with Gasteiger partial charge >= 0.3 is 0 Å². The predicted molar refractivity (Wildman–Crippen MR) is 108 cm³/mol. The number of H-pyrrole nitrogens is 1. The molecule has 0 aliphatic carbocycles. The van der Waals surface area contributed by atoms with Crippen molar-refractivity contribution in [3.63, 3.8) is 0 Å². The molecule has 28 heavy (non-hydrogen) atoms. The summed E-state index contributed by atoms with van der Waals surface area (Å²) in [5, 5.41) is 0. The number of furan rings is 1. The molecule has 146 valence electrons. The van der Waals surface area contributed by atoms with E-state index in [0.29, 0.717) is 24.4 Å². The fraction of sp³-hybridized carbons (Fsp3) is 0.273. The minimum Gasteiger partial charge on any atom is -0.459 e. The Morgan fingerprint density at radius 2 is 1.64 bits per heavy atom. The van der Waals surface area contributed by atoms with Crippen molar-refractivity contribution in [3.05, 3.63) is 71.9 Å². The number of rotatable bonds is 7. The summed E-state index contributed by atoms with van der Waals surface area (Å²) >= 11 is 0. The quantitative estimate of drug-likeness (QED) is 0.681. The second-order valence-electron chi connectivity index (χ2n) is 6.71. The van der Waals surface area contributed by atoms with Crippen molar-refractivity contribution in [1.82, 2.24) is 14.8 Å². The lowest BCUT2D eigenvalue weighted by molar-refractivity contribution is 0.0701. The maximum atomic E-state index is 12.8.